The first-order valence-corrected chi connectivity index (χ1v) is 7.17. The van der Waals surface area contributed by atoms with Gasteiger partial charge in [-0.15, -0.1) is 0 Å². The van der Waals surface area contributed by atoms with Gasteiger partial charge < -0.3 is 11.1 Å². The highest BCUT2D eigenvalue weighted by Gasteiger charge is 2.28. The molecule has 0 aliphatic heterocycles. The second-order valence-corrected chi connectivity index (χ2v) is 5.97. The topological polar surface area (TPSA) is 55.1 Å². The average Bonchev–Trinajstić information content (AvgIpc) is 2.76. The van der Waals surface area contributed by atoms with Crippen LogP contribution in [0.2, 0.25) is 0 Å². The Kier molecular flexibility index (Phi) is 4.40. The predicted octanol–water partition coefficient (Wildman–Crippen LogP) is 2.75. The van der Waals surface area contributed by atoms with E-state index in [-0.39, 0.29) is 23.9 Å². The van der Waals surface area contributed by atoms with Crippen LogP contribution in [0.15, 0.2) is 28.7 Å². The molecule has 0 spiro atoms. The molecule has 3 atom stereocenters. The lowest BCUT2D eigenvalue weighted by molar-refractivity contribution is -0.125. The summed E-state index contributed by atoms with van der Waals surface area (Å²) in [6.45, 7) is 2.01. The highest BCUT2D eigenvalue weighted by atomic mass is 79.9. The molecule has 1 aromatic rings. The second-order valence-electron chi connectivity index (χ2n) is 5.06. The largest absolute Gasteiger partial charge is 0.349 e. The first-order valence-electron chi connectivity index (χ1n) is 6.37. The molecule has 0 heterocycles. The quantitative estimate of drug-likeness (QED) is 0.902. The van der Waals surface area contributed by atoms with Gasteiger partial charge in [-0.1, -0.05) is 28.1 Å². The van der Waals surface area contributed by atoms with Gasteiger partial charge in [0.05, 0.1) is 6.04 Å². The van der Waals surface area contributed by atoms with Crippen molar-refractivity contribution >= 4 is 21.8 Å². The summed E-state index contributed by atoms with van der Waals surface area (Å²) in [5, 5.41) is 3.07. The van der Waals surface area contributed by atoms with Crippen LogP contribution in [0.5, 0.6) is 0 Å². The summed E-state index contributed by atoms with van der Waals surface area (Å²) in [5.41, 5.74) is 6.95. The molecule has 98 valence electrons. The van der Waals surface area contributed by atoms with Gasteiger partial charge in [0.15, 0.2) is 0 Å². The van der Waals surface area contributed by atoms with Gasteiger partial charge in [-0.05, 0) is 43.9 Å². The number of hydrogen-bond acceptors (Lipinski definition) is 2. The normalized spacial score (nSPS) is 24.8. The van der Waals surface area contributed by atoms with E-state index in [0.29, 0.717) is 0 Å². The first kappa shape index (κ1) is 13.6. The maximum atomic E-state index is 12.1. The minimum Gasteiger partial charge on any atom is -0.349 e. The van der Waals surface area contributed by atoms with Crippen LogP contribution in [0.25, 0.3) is 0 Å². The fraction of sp³-hybridized carbons (Fsp3) is 0.500. The zero-order valence-corrected chi connectivity index (χ0v) is 12.1. The summed E-state index contributed by atoms with van der Waals surface area (Å²) in [6, 6.07) is 8.25. The SMILES string of the molecule is C[C@@H](NC(=O)C1CCC(N)C1)c1cccc(Br)c1. The van der Waals surface area contributed by atoms with Crippen molar-refractivity contribution in [2.75, 3.05) is 0 Å². The van der Waals surface area contributed by atoms with Crippen LogP contribution in [-0.4, -0.2) is 11.9 Å². The van der Waals surface area contributed by atoms with Crippen LogP contribution in [-0.2, 0) is 4.79 Å². The summed E-state index contributed by atoms with van der Waals surface area (Å²) < 4.78 is 1.03. The summed E-state index contributed by atoms with van der Waals surface area (Å²) >= 11 is 3.44. The van der Waals surface area contributed by atoms with Gasteiger partial charge in [-0.2, -0.15) is 0 Å². The molecule has 2 rings (SSSR count). The Labute approximate surface area is 116 Å². The fourth-order valence-corrected chi connectivity index (χ4v) is 2.86. The Morgan fingerprint density at radius 1 is 1.50 bits per heavy atom. The van der Waals surface area contributed by atoms with Crippen LogP contribution in [0.1, 0.15) is 37.8 Å². The van der Waals surface area contributed by atoms with Crippen LogP contribution >= 0.6 is 15.9 Å². The van der Waals surface area contributed by atoms with Crippen molar-refractivity contribution in [2.45, 2.75) is 38.3 Å². The molecule has 3 N–H and O–H groups in total. The fourth-order valence-electron chi connectivity index (χ4n) is 2.45. The van der Waals surface area contributed by atoms with Crippen molar-refractivity contribution in [2.24, 2.45) is 11.7 Å². The molecule has 1 aliphatic rings. The third-order valence-corrected chi connectivity index (χ3v) is 4.04. The van der Waals surface area contributed by atoms with Crippen molar-refractivity contribution < 1.29 is 4.79 Å². The lowest BCUT2D eigenvalue weighted by atomic mass is 10.0. The van der Waals surface area contributed by atoms with Gasteiger partial charge in [-0.25, -0.2) is 0 Å². The predicted molar refractivity (Wildman–Crippen MR) is 76.0 cm³/mol. The Balaban J connectivity index is 1.95. The number of benzene rings is 1. The number of carbonyl (C=O) groups excluding carboxylic acids is 1. The highest BCUT2D eigenvalue weighted by Crippen LogP contribution is 2.25. The van der Waals surface area contributed by atoms with Gasteiger partial charge >= 0.3 is 0 Å². The van der Waals surface area contributed by atoms with Crippen LogP contribution < -0.4 is 11.1 Å². The molecule has 18 heavy (non-hydrogen) atoms. The Morgan fingerprint density at radius 3 is 2.89 bits per heavy atom. The van der Waals surface area contributed by atoms with Gasteiger partial charge in [0, 0.05) is 16.4 Å². The molecule has 0 saturated heterocycles. The average molecular weight is 311 g/mol. The molecule has 1 saturated carbocycles. The van der Waals surface area contributed by atoms with E-state index in [9.17, 15) is 4.79 Å². The maximum absolute atomic E-state index is 12.1. The number of hydrogen-bond donors (Lipinski definition) is 2. The van der Waals surface area contributed by atoms with Crippen molar-refractivity contribution in [3.05, 3.63) is 34.3 Å². The molecule has 1 aliphatic carbocycles. The molecule has 1 fully saturated rings. The lowest BCUT2D eigenvalue weighted by Gasteiger charge is -2.17. The molecule has 0 radical (unpaired) electrons. The third kappa shape index (κ3) is 3.33. The van der Waals surface area contributed by atoms with Crippen LogP contribution in [0, 0.1) is 5.92 Å². The van der Waals surface area contributed by atoms with E-state index < -0.39 is 0 Å². The van der Waals surface area contributed by atoms with E-state index in [0.717, 1.165) is 29.3 Å². The van der Waals surface area contributed by atoms with E-state index in [1.54, 1.807) is 0 Å². The molecule has 2 unspecified atom stereocenters. The smallest absolute Gasteiger partial charge is 0.223 e. The zero-order chi connectivity index (χ0) is 13.1. The summed E-state index contributed by atoms with van der Waals surface area (Å²) in [5.74, 6) is 0.227. The number of carbonyl (C=O) groups is 1. The molecular weight excluding hydrogens is 292 g/mol. The minimum absolute atomic E-state index is 0.0341. The van der Waals surface area contributed by atoms with E-state index in [1.807, 2.05) is 31.2 Å². The zero-order valence-electron chi connectivity index (χ0n) is 10.5. The van der Waals surface area contributed by atoms with Crippen molar-refractivity contribution in [1.29, 1.82) is 0 Å². The molecular formula is C14H19BrN2O. The monoisotopic (exact) mass is 310 g/mol. The van der Waals surface area contributed by atoms with Gasteiger partial charge in [0.25, 0.3) is 0 Å². The summed E-state index contributed by atoms with van der Waals surface area (Å²) in [4.78, 5) is 12.1. The maximum Gasteiger partial charge on any atom is 0.223 e. The number of nitrogens with two attached hydrogens (primary N) is 1. The molecule has 4 heteroatoms. The highest BCUT2D eigenvalue weighted by molar-refractivity contribution is 9.10. The van der Waals surface area contributed by atoms with Crippen LogP contribution in [0.4, 0.5) is 0 Å². The number of nitrogens with one attached hydrogen (secondary N) is 1. The Hall–Kier alpha value is -0.870. The minimum atomic E-state index is 0.0341. The Bertz CT molecular complexity index is 436. The van der Waals surface area contributed by atoms with Gasteiger partial charge in [-0.3, -0.25) is 4.79 Å². The summed E-state index contributed by atoms with van der Waals surface area (Å²) in [6.07, 6.45) is 2.69. The number of amides is 1. The van der Waals surface area contributed by atoms with E-state index in [1.165, 1.54) is 0 Å². The second kappa shape index (κ2) is 5.85. The van der Waals surface area contributed by atoms with Crippen molar-refractivity contribution in [3.8, 4) is 0 Å². The van der Waals surface area contributed by atoms with Gasteiger partial charge in [0.2, 0.25) is 5.91 Å². The molecule has 1 aromatic carbocycles. The lowest BCUT2D eigenvalue weighted by Crippen LogP contribution is -2.32. The number of rotatable bonds is 3. The summed E-state index contributed by atoms with van der Waals surface area (Å²) in [7, 11) is 0. The van der Waals surface area contributed by atoms with Crippen LogP contribution in [0.3, 0.4) is 0 Å². The first-order chi connectivity index (χ1) is 8.56. The van der Waals surface area contributed by atoms with E-state index in [2.05, 4.69) is 21.2 Å². The molecule has 1 amide bonds. The Morgan fingerprint density at radius 2 is 2.28 bits per heavy atom. The molecule has 0 bridgehead atoms. The number of halogens is 1. The third-order valence-electron chi connectivity index (χ3n) is 3.55. The van der Waals surface area contributed by atoms with Gasteiger partial charge in [0.1, 0.15) is 0 Å². The molecule has 3 nitrogen and oxygen atoms in total. The van der Waals surface area contributed by atoms with Crippen molar-refractivity contribution in [3.63, 3.8) is 0 Å². The van der Waals surface area contributed by atoms with E-state index in [4.69, 9.17) is 5.73 Å². The molecule has 0 aromatic heterocycles. The standard InChI is InChI=1S/C14H19BrN2O/c1-9(10-3-2-4-12(15)7-10)17-14(18)11-5-6-13(16)8-11/h2-4,7,9,11,13H,5-6,8,16H2,1H3,(H,17,18)/t9-,11?,13?/m1/s1. The van der Waals surface area contributed by atoms with E-state index >= 15 is 0 Å². The van der Waals surface area contributed by atoms with Crippen molar-refractivity contribution in [1.82, 2.24) is 5.32 Å².